The lowest BCUT2D eigenvalue weighted by atomic mass is 9.83. The van der Waals surface area contributed by atoms with Crippen LogP contribution in [0.5, 0.6) is 23.0 Å². The molecule has 6 heteroatoms. The van der Waals surface area contributed by atoms with Crippen molar-refractivity contribution in [3.8, 4) is 23.0 Å². The molecule has 0 aromatic heterocycles. The van der Waals surface area contributed by atoms with Gasteiger partial charge in [0.2, 0.25) is 0 Å². The van der Waals surface area contributed by atoms with E-state index >= 15 is 0 Å². The molecule has 0 radical (unpaired) electrons. The third kappa shape index (κ3) is 2.64. The first-order valence-electron chi connectivity index (χ1n) is 8.10. The molecule has 4 rings (SSSR count). The lowest BCUT2D eigenvalue weighted by Crippen LogP contribution is -2.21. The number of halogens is 1. The summed E-state index contributed by atoms with van der Waals surface area (Å²) in [6.07, 6.45) is 0. The van der Waals surface area contributed by atoms with Crippen LogP contribution in [0.4, 0.5) is 0 Å². The number of rotatable bonds is 2. The van der Waals surface area contributed by atoms with E-state index in [1.807, 2.05) is 19.1 Å². The molecule has 2 N–H and O–H groups in total. The van der Waals surface area contributed by atoms with Crippen molar-refractivity contribution in [1.82, 2.24) is 0 Å². The summed E-state index contributed by atoms with van der Waals surface area (Å²) < 4.78 is 5.82. The van der Waals surface area contributed by atoms with Crippen LogP contribution in [0.15, 0.2) is 48.5 Å². The molecule has 0 heterocycles. The molecule has 0 saturated heterocycles. The Morgan fingerprint density at radius 1 is 0.815 bits per heavy atom. The number of benzene rings is 3. The summed E-state index contributed by atoms with van der Waals surface area (Å²) in [5, 5.41) is 20.2. The number of phenolic OH excluding ortho intramolecular Hbond substituents is 2. The zero-order valence-corrected chi connectivity index (χ0v) is 14.9. The number of hydrogen-bond donors (Lipinski definition) is 2. The van der Waals surface area contributed by atoms with E-state index < -0.39 is 11.6 Å². The lowest BCUT2D eigenvalue weighted by Gasteiger charge is -2.20. The van der Waals surface area contributed by atoms with Gasteiger partial charge in [0, 0.05) is 11.1 Å². The molecule has 5 nitrogen and oxygen atoms in total. The summed E-state index contributed by atoms with van der Waals surface area (Å²) in [6.45, 7) is 1.87. The third-order valence-corrected chi connectivity index (χ3v) is 4.79. The average Bonchev–Trinajstić information content (AvgIpc) is 2.64. The molecule has 3 aromatic carbocycles. The largest absolute Gasteiger partial charge is 0.507 e. The molecule has 0 saturated carbocycles. The maximum atomic E-state index is 12.9. The van der Waals surface area contributed by atoms with Crippen LogP contribution in [0, 0.1) is 6.92 Å². The monoisotopic (exact) mass is 380 g/mol. The molecule has 0 fully saturated rings. The molecule has 1 aliphatic carbocycles. The van der Waals surface area contributed by atoms with Crippen LogP contribution in [0.1, 0.15) is 37.4 Å². The fourth-order valence-electron chi connectivity index (χ4n) is 3.11. The lowest BCUT2D eigenvalue weighted by molar-refractivity contribution is 0.0974. The Bertz CT molecular complexity index is 1130. The van der Waals surface area contributed by atoms with Crippen molar-refractivity contribution >= 4 is 23.2 Å². The molecule has 0 amide bonds. The van der Waals surface area contributed by atoms with Gasteiger partial charge in [-0.15, -0.1) is 0 Å². The van der Waals surface area contributed by atoms with Crippen LogP contribution < -0.4 is 4.74 Å². The molecular formula is C21H13ClO5. The van der Waals surface area contributed by atoms with Crippen molar-refractivity contribution in [3.05, 3.63) is 81.4 Å². The maximum absolute atomic E-state index is 12.9. The fourth-order valence-corrected chi connectivity index (χ4v) is 3.31. The highest BCUT2D eigenvalue weighted by Crippen LogP contribution is 2.41. The SMILES string of the molecule is Cc1ccccc1Oc1cc2c(cc1Cl)C(=O)c1c(O)ccc(O)c1C2=O. The van der Waals surface area contributed by atoms with Gasteiger partial charge < -0.3 is 14.9 Å². The summed E-state index contributed by atoms with van der Waals surface area (Å²) >= 11 is 6.27. The summed E-state index contributed by atoms with van der Waals surface area (Å²) in [5.74, 6) is -1.13. The smallest absolute Gasteiger partial charge is 0.198 e. The first-order valence-corrected chi connectivity index (χ1v) is 8.47. The highest BCUT2D eigenvalue weighted by molar-refractivity contribution is 6.35. The predicted octanol–water partition coefficient (Wildman–Crippen LogP) is 4.63. The number of ether oxygens (including phenoxy) is 1. The second-order valence-corrected chi connectivity index (χ2v) is 6.62. The second kappa shape index (κ2) is 6.14. The minimum atomic E-state index is -0.586. The van der Waals surface area contributed by atoms with E-state index in [0.717, 1.165) is 5.56 Å². The minimum absolute atomic E-state index is 0.0514. The number of aromatic hydroxyl groups is 2. The number of carbonyl (C=O) groups excluding carboxylic acids is 2. The Labute approximate surface area is 159 Å². The standard InChI is InChI=1S/C21H13ClO5/c1-10-4-2-3-5-16(10)27-17-9-12-11(8-13(17)22)20(25)18-14(23)6-7-15(24)19(18)21(12)26/h2-9,23-24H,1H3. The van der Waals surface area contributed by atoms with E-state index in [2.05, 4.69) is 0 Å². The molecule has 3 aromatic rings. The summed E-state index contributed by atoms with van der Waals surface area (Å²) in [5.41, 5.74) is 0.534. The summed E-state index contributed by atoms with van der Waals surface area (Å²) in [7, 11) is 0. The normalized spacial score (nSPS) is 12.5. The van der Waals surface area contributed by atoms with Gasteiger partial charge in [0.15, 0.2) is 11.6 Å². The van der Waals surface area contributed by atoms with E-state index in [1.54, 1.807) is 12.1 Å². The van der Waals surface area contributed by atoms with Gasteiger partial charge in [-0.25, -0.2) is 0 Å². The summed E-state index contributed by atoms with van der Waals surface area (Å²) in [4.78, 5) is 25.7. The Morgan fingerprint density at radius 3 is 1.96 bits per heavy atom. The molecule has 0 atom stereocenters. The van der Waals surface area contributed by atoms with Crippen molar-refractivity contribution in [2.45, 2.75) is 6.92 Å². The number of carbonyl (C=O) groups is 2. The van der Waals surface area contributed by atoms with Crippen LogP contribution in [0.3, 0.4) is 0 Å². The van der Waals surface area contributed by atoms with Gasteiger partial charge in [-0.3, -0.25) is 9.59 Å². The average molecular weight is 381 g/mol. The number of para-hydroxylation sites is 1. The Balaban J connectivity index is 1.87. The van der Waals surface area contributed by atoms with E-state index in [4.69, 9.17) is 16.3 Å². The van der Waals surface area contributed by atoms with Gasteiger partial charge >= 0.3 is 0 Å². The van der Waals surface area contributed by atoms with Crippen molar-refractivity contribution in [2.24, 2.45) is 0 Å². The molecule has 134 valence electrons. The number of fused-ring (bicyclic) bond motifs is 2. The minimum Gasteiger partial charge on any atom is -0.507 e. The summed E-state index contributed by atoms with van der Waals surface area (Å²) in [6, 6.07) is 12.4. The zero-order chi connectivity index (χ0) is 19.3. The van der Waals surface area contributed by atoms with Gasteiger partial charge in [-0.1, -0.05) is 29.8 Å². The second-order valence-electron chi connectivity index (χ2n) is 6.21. The van der Waals surface area contributed by atoms with Crippen LogP contribution in [0.25, 0.3) is 0 Å². The predicted molar refractivity (Wildman–Crippen MR) is 99.3 cm³/mol. The van der Waals surface area contributed by atoms with Crippen LogP contribution in [-0.4, -0.2) is 21.8 Å². The molecule has 0 unspecified atom stereocenters. The first-order chi connectivity index (χ1) is 12.9. The molecular weight excluding hydrogens is 368 g/mol. The molecule has 27 heavy (non-hydrogen) atoms. The number of hydrogen-bond acceptors (Lipinski definition) is 5. The first kappa shape index (κ1) is 17.1. The van der Waals surface area contributed by atoms with Gasteiger partial charge in [-0.05, 0) is 42.8 Å². The molecule has 0 bridgehead atoms. The quantitative estimate of drug-likeness (QED) is 0.495. The van der Waals surface area contributed by atoms with Gasteiger partial charge in [0.25, 0.3) is 0 Å². The van der Waals surface area contributed by atoms with E-state index in [-0.39, 0.29) is 44.5 Å². The van der Waals surface area contributed by atoms with Crippen LogP contribution in [0.2, 0.25) is 5.02 Å². The highest BCUT2D eigenvalue weighted by atomic mass is 35.5. The van der Waals surface area contributed by atoms with E-state index in [1.165, 1.54) is 24.3 Å². The topological polar surface area (TPSA) is 83.8 Å². The van der Waals surface area contributed by atoms with E-state index in [9.17, 15) is 19.8 Å². The van der Waals surface area contributed by atoms with Gasteiger partial charge in [-0.2, -0.15) is 0 Å². The van der Waals surface area contributed by atoms with Gasteiger partial charge in [0.1, 0.15) is 23.0 Å². The molecule has 1 aliphatic rings. The van der Waals surface area contributed by atoms with Crippen LogP contribution >= 0.6 is 11.6 Å². The zero-order valence-electron chi connectivity index (χ0n) is 14.1. The Hall–Kier alpha value is -3.31. The molecule has 0 spiro atoms. The van der Waals surface area contributed by atoms with Gasteiger partial charge in [0.05, 0.1) is 16.1 Å². The molecule has 0 aliphatic heterocycles. The van der Waals surface area contributed by atoms with Crippen molar-refractivity contribution < 1.29 is 24.5 Å². The third-order valence-electron chi connectivity index (χ3n) is 4.49. The van der Waals surface area contributed by atoms with Crippen molar-refractivity contribution in [2.75, 3.05) is 0 Å². The van der Waals surface area contributed by atoms with E-state index in [0.29, 0.717) is 5.75 Å². The maximum Gasteiger partial charge on any atom is 0.198 e. The number of phenols is 2. The number of ketones is 2. The van der Waals surface area contributed by atoms with Crippen molar-refractivity contribution in [3.63, 3.8) is 0 Å². The van der Waals surface area contributed by atoms with Crippen LogP contribution in [-0.2, 0) is 0 Å². The Kier molecular flexibility index (Phi) is 3.89. The highest BCUT2D eigenvalue weighted by Gasteiger charge is 2.35. The van der Waals surface area contributed by atoms with Crippen molar-refractivity contribution in [1.29, 1.82) is 0 Å². The fraction of sp³-hybridized carbons (Fsp3) is 0.0476. The Morgan fingerprint density at radius 2 is 1.37 bits per heavy atom. The number of aryl methyl sites for hydroxylation is 1.